The Labute approximate surface area is 434 Å². The fourth-order valence-corrected chi connectivity index (χ4v) is 12.1. The second kappa shape index (κ2) is 17.1. The predicted molar refractivity (Wildman–Crippen MR) is 307 cm³/mol. The topological polar surface area (TPSA) is 41.7 Å². The number of hydrogen-bond donors (Lipinski definition) is 0. The van der Waals surface area contributed by atoms with Crippen molar-refractivity contribution >= 4 is 66.8 Å². The summed E-state index contributed by atoms with van der Waals surface area (Å²) in [4.78, 5) is 9.75. The lowest BCUT2D eigenvalue weighted by Crippen LogP contribution is -2.28. The van der Waals surface area contributed by atoms with Gasteiger partial charge in [-0.3, -0.25) is 4.98 Å². The van der Waals surface area contributed by atoms with E-state index in [1.54, 1.807) is 0 Å². The summed E-state index contributed by atoms with van der Waals surface area (Å²) in [7, 11) is 0. The summed E-state index contributed by atoms with van der Waals surface area (Å²) < 4.78 is 13.1. The van der Waals surface area contributed by atoms with Gasteiger partial charge in [-0.25, -0.2) is 0 Å². The van der Waals surface area contributed by atoms with Crippen LogP contribution in [0, 0.1) is 0 Å². The molecule has 0 amide bonds. The first kappa shape index (κ1) is 42.7. The van der Waals surface area contributed by atoms with Gasteiger partial charge in [0.1, 0.15) is 22.7 Å². The highest BCUT2D eigenvalue weighted by Gasteiger charge is 2.46. The van der Waals surface area contributed by atoms with Crippen LogP contribution < -0.4 is 14.5 Å². The van der Waals surface area contributed by atoms with Crippen LogP contribution in [0.4, 0.5) is 34.1 Å². The van der Waals surface area contributed by atoms with Gasteiger partial charge in [-0.15, -0.1) is 0 Å². The van der Waals surface area contributed by atoms with Gasteiger partial charge in [0.2, 0.25) is 0 Å². The van der Waals surface area contributed by atoms with Crippen molar-refractivity contribution in [3.63, 3.8) is 0 Å². The van der Waals surface area contributed by atoms with E-state index in [0.29, 0.717) is 0 Å². The third kappa shape index (κ3) is 6.68. The van der Waals surface area contributed by atoms with Crippen LogP contribution in [-0.4, -0.2) is 4.98 Å². The zero-order valence-corrected chi connectivity index (χ0v) is 40.6. The molecular weight excluding hydrogens is 915 g/mol. The third-order valence-corrected chi connectivity index (χ3v) is 15.4. The molecule has 2 aliphatic rings. The van der Waals surface area contributed by atoms with Gasteiger partial charge in [0, 0.05) is 55.4 Å². The zero-order valence-electron chi connectivity index (χ0n) is 40.6. The second-order valence-corrected chi connectivity index (χ2v) is 19.4. The molecule has 0 atom stereocenters. The lowest BCUT2D eigenvalue weighted by molar-refractivity contribution is 0.487. The molecule has 5 nitrogen and oxygen atoms in total. The van der Waals surface area contributed by atoms with Gasteiger partial charge in [0.15, 0.2) is 0 Å². The van der Waals surface area contributed by atoms with Gasteiger partial charge < -0.3 is 19.0 Å². The highest BCUT2D eigenvalue weighted by molar-refractivity contribution is 6.11. The first-order chi connectivity index (χ1) is 37.2. The summed E-state index contributed by atoms with van der Waals surface area (Å²) in [5, 5.41) is 4.35. The van der Waals surface area contributed by atoms with Crippen molar-refractivity contribution in [1.29, 1.82) is 0 Å². The molecule has 11 aromatic carbocycles. The minimum absolute atomic E-state index is 0.532. The minimum atomic E-state index is -0.532. The number of fused-ring (bicyclic) bond motifs is 8. The van der Waals surface area contributed by atoms with E-state index >= 15 is 0 Å². The number of hydrogen-bond acceptors (Lipinski definition) is 5. The fourth-order valence-electron chi connectivity index (χ4n) is 12.1. The van der Waals surface area contributed by atoms with Gasteiger partial charge in [-0.05, 0) is 136 Å². The van der Waals surface area contributed by atoms with Crippen molar-refractivity contribution < 1.29 is 9.15 Å². The van der Waals surface area contributed by atoms with E-state index < -0.39 is 5.41 Å². The smallest absolute Gasteiger partial charge is 0.135 e. The maximum atomic E-state index is 6.95. The Balaban J connectivity index is 0.817. The summed E-state index contributed by atoms with van der Waals surface area (Å²) in [6.45, 7) is 0. The lowest BCUT2D eigenvalue weighted by atomic mass is 9.67. The molecule has 15 rings (SSSR count). The zero-order chi connectivity index (χ0) is 49.5. The summed E-state index contributed by atoms with van der Waals surface area (Å²) in [6.07, 6.45) is 1.96. The van der Waals surface area contributed by atoms with Crippen molar-refractivity contribution in [3.05, 3.63) is 295 Å². The number of ether oxygens (including phenoxy) is 1. The molecule has 75 heavy (non-hydrogen) atoms. The Morgan fingerprint density at radius 3 is 1.71 bits per heavy atom. The fraction of sp³-hybridized carbons (Fsp3) is 0.0143. The van der Waals surface area contributed by atoms with Crippen molar-refractivity contribution in [2.75, 3.05) is 9.80 Å². The van der Waals surface area contributed by atoms with Crippen LogP contribution in [0.3, 0.4) is 0 Å². The molecule has 0 unspecified atom stereocenters. The molecular formula is C70H45N3O2. The minimum Gasteiger partial charge on any atom is -0.456 e. The molecule has 0 N–H and O–H groups in total. The van der Waals surface area contributed by atoms with E-state index in [0.717, 1.165) is 101 Å². The normalized spacial score (nSPS) is 12.7. The highest BCUT2D eigenvalue weighted by atomic mass is 16.5. The van der Waals surface area contributed by atoms with Gasteiger partial charge in [-0.1, -0.05) is 170 Å². The summed E-state index contributed by atoms with van der Waals surface area (Å²) in [5.41, 5.74) is 19.0. The number of aromatic nitrogens is 1. The molecule has 0 saturated carbocycles. The molecule has 1 aliphatic carbocycles. The van der Waals surface area contributed by atoms with Gasteiger partial charge in [0.25, 0.3) is 0 Å². The Kier molecular flexibility index (Phi) is 9.72. The number of rotatable bonds is 9. The largest absolute Gasteiger partial charge is 0.456 e. The predicted octanol–water partition coefficient (Wildman–Crippen LogP) is 18.9. The molecule has 3 heterocycles. The Hall–Kier alpha value is -9.97. The Morgan fingerprint density at radius 2 is 0.947 bits per heavy atom. The number of anilines is 6. The van der Waals surface area contributed by atoms with Crippen LogP contribution in [0.15, 0.2) is 278 Å². The van der Waals surface area contributed by atoms with Crippen LogP contribution in [0.25, 0.3) is 66.2 Å². The van der Waals surface area contributed by atoms with E-state index in [-0.39, 0.29) is 0 Å². The average molecular weight is 960 g/mol. The molecule has 0 bridgehead atoms. The summed E-state index contributed by atoms with van der Waals surface area (Å²) >= 11 is 0. The second-order valence-electron chi connectivity index (χ2n) is 19.4. The van der Waals surface area contributed by atoms with Crippen molar-refractivity contribution in [1.82, 2.24) is 4.98 Å². The molecule has 13 aromatic rings. The first-order valence-corrected chi connectivity index (χ1v) is 25.5. The molecule has 0 spiro atoms. The van der Waals surface area contributed by atoms with Gasteiger partial charge in [0.05, 0.1) is 28.7 Å². The quantitative estimate of drug-likeness (QED) is 0.144. The van der Waals surface area contributed by atoms with Crippen LogP contribution in [0.5, 0.6) is 11.5 Å². The SMILES string of the molecule is c1ccc(N(c2ccc(-c3ccc4c(c3)Oc3cccc5c(N(c6ccccc6)c6ccc7c(c6)C(c6ccccc6)(c6ccccc6)c6ccccc6-7)ccc-4c35)nc2)c2ccc3oc4ccccc4c3c2)cc1. The summed E-state index contributed by atoms with van der Waals surface area (Å²) in [5.74, 6) is 1.62. The average Bonchev–Trinajstić information content (AvgIpc) is 4.02. The molecule has 0 fully saturated rings. The van der Waals surface area contributed by atoms with Crippen molar-refractivity contribution in [2.24, 2.45) is 0 Å². The standard InChI is InChI=1S/C70H45N3O2/c1-5-18-47(19-6-1)70(48-20-7-2-8-21-48)61-29-15-13-26-54(61)55-37-33-52(44-62(55)70)73(50-24-11-4-12-25-50)64-40-38-58-57-36-32-46(42-68(57)75-67-31-17-28-59(64)69(58)67)63-39-34-53(45-71-63)72(49-22-9-3-10-23-49)51-35-41-66-60(43-51)56-27-14-16-30-65(56)74-66/h1-45H. The maximum absolute atomic E-state index is 6.95. The third-order valence-electron chi connectivity index (χ3n) is 15.4. The number of nitrogens with zero attached hydrogens (tertiary/aromatic N) is 3. The first-order valence-electron chi connectivity index (χ1n) is 25.5. The molecule has 5 heteroatoms. The van der Waals surface area contributed by atoms with E-state index in [9.17, 15) is 0 Å². The van der Waals surface area contributed by atoms with Crippen LogP contribution in [0.2, 0.25) is 0 Å². The van der Waals surface area contributed by atoms with E-state index in [1.165, 1.54) is 33.4 Å². The van der Waals surface area contributed by atoms with Crippen molar-refractivity contribution in [2.45, 2.75) is 5.41 Å². The van der Waals surface area contributed by atoms with E-state index in [4.69, 9.17) is 14.1 Å². The van der Waals surface area contributed by atoms with E-state index in [2.05, 4.69) is 259 Å². The number of pyridine rings is 1. The number of benzene rings is 11. The van der Waals surface area contributed by atoms with Crippen LogP contribution in [0.1, 0.15) is 22.3 Å². The molecule has 2 aromatic heterocycles. The molecule has 0 saturated heterocycles. The summed E-state index contributed by atoms with van der Waals surface area (Å²) in [6, 6.07) is 95.5. The lowest BCUT2D eigenvalue weighted by Gasteiger charge is -2.35. The number of para-hydroxylation sites is 3. The molecule has 1 aliphatic heterocycles. The molecule has 0 radical (unpaired) electrons. The number of furan rings is 1. The maximum Gasteiger partial charge on any atom is 0.135 e. The highest BCUT2D eigenvalue weighted by Crippen LogP contribution is 2.58. The van der Waals surface area contributed by atoms with Crippen LogP contribution >= 0.6 is 0 Å². The monoisotopic (exact) mass is 959 g/mol. The van der Waals surface area contributed by atoms with E-state index in [1.807, 2.05) is 24.4 Å². The van der Waals surface area contributed by atoms with Gasteiger partial charge >= 0.3 is 0 Å². The van der Waals surface area contributed by atoms with Crippen molar-refractivity contribution in [3.8, 4) is 45.0 Å². The van der Waals surface area contributed by atoms with Gasteiger partial charge in [-0.2, -0.15) is 0 Å². The molecule has 352 valence electrons. The van der Waals surface area contributed by atoms with Crippen LogP contribution in [-0.2, 0) is 5.41 Å². The Bertz CT molecular complexity index is 4290. The Morgan fingerprint density at radius 1 is 0.347 bits per heavy atom.